The van der Waals surface area contributed by atoms with E-state index in [1.165, 1.54) is 0 Å². The summed E-state index contributed by atoms with van der Waals surface area (Å²) < 4.78 is 7.20. The lowest BCUT2D eigenvalue weighted by atomic mass is 10.1. The Morgan fingerprint density at radius 2 is 2.25 bits per heavy atom. The number of hydrogen-bond acceptors (Lipinski definition) is 3. The fourth-order valence-corrected chi connectivity index (χ4v) is 1.43. The quantitative estimate of drug-likeness (QED) is 0.739. The van der Waals surface area contributed by atoms with E-state index in [2.05, 4.69) is 5.10 Å². The van der Waals surface area contributed by atoms with E-state index in [4.69, 9.17) is 4.74 Å². The van der Waals surface area contributed by atoms with Gasteiger partial charge in [-0.1, -0.05) is 11.6 Å². The van der Waals surface area contributed by atoms with Crippen LogP contribution in [0.3, 0.4) is 0 Å². The van der Waals surface area contributed by atoms with Crippen molar-refractivity contribution in [1.82, 2.24) is 9.78 Å². The molecule has 0 atom stereocenters. The predicted molar refractivity (Wildman–Crippen MR) is 59.8 cm³/mol. The van der Waals surface area contributed by atoms with Crippen molar-refractivity contribution in [2.45, 2.75) is 6.92 Å². The van der Waals surface area contributed by atoms with E-state index in [0.717, 1.165) is 11.8 Å². The molecule has 0 aliphatic carbocycles. The van der Waals surface area contributed by atoms with Crippen molar-refractivity contribution in [3.8, 4) is 11.5 Å². The third-order valence-corrected chi connectivity index (χ3v) is 2.20. The summed E-state index contributed by atoms with van der Waals surface area (Å²) >= 11 is 0. The molecule has 4 heteroatoms. The van der Waals surface area contributed by atoms with Crippen LogP contribution in [-0.2, 0) is 7.05 Å². The summed E-state index contributed by atoms with van der Waals surface area (Å²) in [6, 6.07) is 5.48. The Labute approximate surface area is 93.5 Å². The Morgan fingerprint density at radius 3 is 2.88 bits per heavy atom. The molecule has 0 saturated carbocycles. The molecule has 0 fully saturated rings. The number of ether oxygens (including phenoxy) is 1. The molecule has 0 bridgehead atoms. The monoisotopic (exact) mass is 216 g/mol. The molecule has 0 spiro atoms. The number of aromatic nitrogens is 2. The van der Waals surface area contributed by atoms with Crippen LogP contribution in [0.2, 0.25) is 0 Å². The molecule has 0 saturated heterocycles. The van der Waals surface area contributed by atoms with Crippen LogP contribution in [0.15, 0.2) is 30.6 Å². The fourth-order valence-electron chi connectivity index (χ4n) is 1.43. The Kier molecular flexibility index (Phi) is 2.72. The zero-order chi connectivity index (χ0) is 11.5. The summed E-state index contributed by atoms with van der Waals surface area (Å²) in [5.74, 6) is 1.17. The first-order valence-electron chi connectivity index (χ1n) is 4.91. The van der Waals surface area contributed by atoms with Gasteiger partial charge in [-0.3, -0.25) is 9.48 Å². The third kappa shape index (κ3) is 2.11. The first-order chi connectivity index (χ1) is 7.69. The van der Waals surface area contributed by atoms with Crippen LogP contribution in [0.25, 0.3) is 0 Å². The zero-order valence-corrected chi connectivity index (χ0v) is 9.18. The maximum Gasteiger partial charge on any atom is 0.165 e. The van der Waals surface area contributed by atoms with Crippen molar-refractivity contribution in [3.63, 3.8) is 0 Å². The van der Waals surface area contributed by atoms with Gasteiger partial charge in [-0.25, -0.2) is 0 Å². The Balaban J connectivity index is 2.30. The molecule has 2 rings (SSSR count). The van der Waals surface area contributed by atoms with Crippen LogP contribution in [0.5, 0.6) is 11.5 Å². The Bertz CT molecular complexity index is 517. The smallest absolute Gasteiger partial charge is 0.165 e. The molecular formula is C12H12N2O2. The number of benzene rings is 1. The van der Waals surface area contributed by atoms with Gasteiger partial charge in [-0.2, -0.15) is 5.10 Å². The normalized spacial score (nSPS) is 10.1. The molecule has 0 radical (unpaired) electrons. The van der Waals surface area contributed by atoms with Gasteiger partial charge in [0.1, 0.15) is 5.75 Å². The summed E-state index contributed by atoms with van der Waals surface area (Å²) in [7, 11) is 1.81. The Morgan fingerprint density at radius 1 is 1.44 bits per heavy atom. The largest absolute Gasteiger partial charge is 0.453 e. The lowest BCUT2D eigenvalue weighted by Crippen LogP contribution is -1.90. The van der Waals surface area contributed by atoms with Crippen molar-refractivity contribution in [2.24, 2.45) is 7.05 Å². The first-order valence-corrected chi connectivity index (χ1v) is 4.91. The van der Waals surface area contributed by atoms with Gasteiger partial charge in [0, 0.05) is 7.05 Å². The second kappa shape index (κ2) is 4.18. The second-order valence-electron chi connectivity index (χ2n) is 3.61. The van der Waals surface area contributed by atoms with Gasteiger partial charge in [-0.15, -0.1) is 0 Å². The average Bonchev–Trinajstić information content (AvgIpc) is 2.67. The van der Waals surface area contributed by atoms with Gasteiger partial charge < -0.3 is 4.74 Å². The molecule has 0 N–H and O–H groups in total. The van der Waals surface area contributed by atoms with Gasteiger partial charge in [0.2, 0.25) is 0 Å². The number of carbonyl (C=O) groups excluding carboxylic acids is 1. The highest BCUT2D eigenvalue weighted by molar-refractivity contribution is 5.79. The molecule has 0 unspecified atom stereocenters. The summed E-state index contributed by atoms with van der Waals surface area (Å²) in [5, 5.41) is 3.99. The van der Waals surface area contributed by atoms with Crippen LogP contribution in [-0.4, -0.2) is 16.1 Å². The SMILES string of the molecule is Cc1ccc(Oc2cnn(C)c2)c(C=O)c1. The number of carbonyl (C=O) groups is 1. The van der Waals surface area contributed by atoms with E-state index in [9.17, 15) is 4.79 Å². The van der Waals surface area contributed by atoms with Gasteiger partial charge >= 0.3 is 0 Å². The van der Waals surface area contributed by atoms with Gasteiger partial charge in [0.15, 0.2) is 12.0 Å². The first kappa shape index (κ1) is 10.4. The Hall–Kier alpha value is -2.10. The number of hydrogen-bond donors (Lipinski definition) is 0. The minimum Gasteiger partial charge on any atom is -0.453 e. The number of nitrogens with zero attached hydrogens (tertiary/aromatic N) is 2. The highest BCUT2D eigenvalue weighted by Crippen LogP contribution is 2.24. The zero-order valence-electron chi connectivity index (χ0n) is 9.18. The van der Waals surface area contributed by atoms with Crippen LogP contribution in [0, 0.1) is 6.92 Å². The molecule has 0 amide bonds. The number of aryl methyl sites for hydroxylation is 2. The molecule has 0 aliphatic heterocycles. The van der Waals surface area contributed by atoms with Crippen LogP contribution < -0.4 is 4.74 Å². The predicted octanol–water partition coefficient (Wildman–Crippen LogP) is 2.33. The maximum absolute atomic E-state index is 10.9. The topological polar surface area (TPSA) is 44.1 Å². The van der Waals surface area contributed by atoms with Crippen LogP contribution in [0.4, 0.5) is 0 Å². The lowest BCUT2D eigenvalue weighted by Gasteiger charge is -2.05. The van der Waals surface area contributed by atoms with E-state index in [1.807, 2.05) is 20.0 Å². The molecule has 1 heterocycles. The molecule has 4 nitrogen and oxygen atoms in total. The van der Waals surface area contributed by atoms with Crippen LogP contribution in [0.1, 0.15) is 15.9 Å². The van der Waals surface area contributed by atoms with E-state index in [1.54, 1.807) is 29.2 Å². The molecule has 16 heavy (non-hydrogen) atoms. The van der Waals surface area contributed by atoms with E-state index < -0.39 is 0 Å². The summed E-state index contributed by atoms with van der Waals surface area (Å²) in [4.78, 5) is 10.9. The highest BCUT2D eigenvalue weighted by atomic mass is 16.5. The van der Waals surface area contributed by atoms with E-state index >= 15 is 0 Å². The molecule has 1 aromatic heterocycles. The van der Waals surface area contributed by atoms with Crippen molar-refractivity contribution in [2.75, 3.05) is 0 Å². The van der Waals surface area contributed by atoms with Gasteiger partial charge in [0.25, 0.3) is 0 Å². The minimum absolute atomic E-state index is 0.545. The molecular weight excluding hydrogens is 204 g/mol. The van der Waals surface area contributed by atoms with Crippen molar-refractivity contribution < 1.29 is 9.53 Å². The van der Waals surface area contributed by atoms with E-state index in [0.29, 0.717) is 17.1 Å². The third-order valence-electron chi connectivity index (χ3n) is 2.20. The van der Waals surface area contributed by atoms with Crippen molar-refractivity contribution >= 4 is 6.29 Å². The molecule has 0 aliphatic rings. The summed E-state index contributed by atoms with van der Waals surface area (Å²) in [6.45, 7) is 1.93. The molecule has 2 aromatic rings. The summed E-state index contributed by atoms with van der Waals surface area (Å²) in [5.41, 5.74) is 1.57. The van der Waals surface area contributed by atoms with Crippen molar-refractivity contribution in [1.29, 1.82) is 0 Å². The number of aldehydes is 1. The minimum atomic E-state index is 0.545. The highest BCUT2D eigenvalue weighted by Gasteiger charge is 2.05. The summed E-state index contributed by atoms with van der Waals surface area (Å²) in [6.07, 6.45) is 4.14. The fraction of sp³-hybridized carbons (Fsp3) is 0.167. The van der Waals surface area contributed by atoms with Gasteiger partial charge in [-0.05, 0) is 19.1 Å². The second-order valence-corrected chi connectivity index (χ2v) is 3.61. The molecule has 1 aromatic carbocycles. The molecule has 82 valence electrons. The maximum atomic E-state index is 10.9. The van der Waals surface area contributed by atoms with Crippen molar-refractivity contribution in [3.05, 3.63) is 41.7 Å². The van der Waals surface area contributed by atoms with E-state index in [-0.39, 0.29) is 0 Å². The van der Waals surface area contributed by atoms with Gasteiger partial charge in [0.05, 0.1) is 18.0 Å². The lowest BCUT2D eigenvalue weighted by molar-refractivity contribution is 0.112. The number of rotatable bonds is 3. The standard InChI is InChI=1S/C12H12N2O2/c1-9-3-4-12(10(5-9)8-15)16-11-6-13-14(2)7-11/h3-8H,1-2H3. The van der Waals surface area contributed by atoms with Crippen LogP contribution >= 0.6 is 0 Å². The average molecular weight is 216 g/mol.